The van der Waals surface area contributed by atoms with Crippen molar-refractivity contribution in [2.24, 2.45) is 0 Å². The molecule has 0 atom stereocenters. The molecule has 103 valence electrons. The molecule has 0 aliphatic heterocycles. The normalized spacial score (nSPS) is 10.5. The molecule has 7 radical (unpaired) electrons. The molecule has 19 heavy (non-hydrogen) atoms. The van der Waals surface area contributed by atoms with Gasteiger partial charge in [0.25, 0.3) is 0 Å². The van der Waals surface area contributed by atoms with Crippen LogP contribution in [-0.2, 0) is 0 Å². The van der Waals surface area contributed by atoms with Crippen molar-refractivity contribution >= 4 is 25.4 Å². The van der Waals surface area contributed by atoms with Crippen LogP contribution in [0.2, 0.25) is 0 Å². The minimum Gasteiger partial charge on any atom is -0.396 e. The molecule has 0 amide bonds. The van der Waals surface area contributed by atoms with E-state index in [2.05, 4.69) is 37.8 Å². The highest BCUT2D eigenvalue weighted by molar-refractivity contribution is 6.32. The van der Waals surface area contributed by atoms with E-state index in [1.165, 1.54) is 23.1 Å². The van der Waals surface area contributed by atoms with Crippen LogP contribution in [-0.4, -0.2) is 57.5 Å². The lowest BCUT2D eigenvalue weighted by Gasteiger charge is -2.25. The van der Waals surface area contributed by atoms with Gasteiger partial charge < -0.3 is 10.0 Å². The van der Waals surface area contributed by atoms with E-state index in [4.69, 9.17) is 5.11 Å². The van der Waals surface area contributed by atoms with Crippen molar-refractivity contribution in [3.8, 4) is 0 Å². The highest BCUT2D eigenvalue weighted by atomic mass is 24.4. The summed E-state index contributed by atoms with van der Waals surface area (Å²) in [5.41, 5.74) is 0. The Morgan fingerprint density at radius 3 is 2.05 bits per heavy atom. The summed E-state index contributed by atoms with van der Waals surface area (Å²) in [6, 6.07) is 10.9. The Balaban J connectivity index is 0.000000388. The number of hydrogen-bond donors (Lipinski definition) is 1. The van der Waals surface area contributed by atoms with Crippen molar-refractivity contribution in [3.63, 3.8) is 0 Å². The Morgan fingerprint density at radius 1 is 1.11 bits per heavy atom. The number of benzene rings is 1. The lowest BCUT2D eigenvalue weighted by molar-refractivity contribution is 0.189. The van der Waals surface area contributed by atoms with Crippen molar-refractivity contribution in [2.75, 3.05) is 19.7 Å². The zero-order valence-electron chi connectivity index (χ0n) is 12.8. The van der Waals surface area contributed by atoms with Crippen LogP contribution in [0.3, 0.4) is 0 Å². The predicted octanol–water partition coefficient (Wildman–Crippen LogP) is 2.36. The monoisotopic (exact) mass is 274 g/mol. The molecule has 1 aromatic carbocycles. The van der Waals surface area contributed by atoms with Gasteiger partial charge in [0.15, 0.2) is 0 Å². The first kappa shape index (κ1) is 18.9. The molecule has 0 saturated carbocycles. The summed E-state index contributed by atoms with van der Waals surface area (Å²) in [6.07, 6.45) is 3.42. The van der Waals surface area contributed by atoms with E-state index in [9.17, 15) is 0 Å². The van der Waals surface area contributed by atoms with Gasteiger partial charge in [-0.3, -0.25) is 0 Å². The van der Waals surface area contributed by atoms with Crippen molar-refractivity contribution in [3.05, 3.63) is 30.3 Å². The van der Waals surface area contributed by atoms with Crippen LogP contribution in [0.15, 0.2) is 30.3 Å². The molecule has 0 unspecified atom stereocenters. The standard InChI is InChI=1S/C10H23NO.C6H5.Mg/c1-4-5-7-11(10(2)3)8-6-9-12;1-2-4-6-5-3-1;/h10,12H,4-9H2,1-3H3;1-5H;/q;;+2. The minimum atomic E-state index is 0.315. The molecule has 0 saturated heterocycles. The quantitative estimate of drug-likeness (QED) is 0.772. The van der Waals surface area contributed by atoms with Crippen LogP contribution in [0.25, 0.3) is 0 Å². The summed E-state index contributed by atoms with van der Waals surface area (Å²) >= 11 is 1.90. The van der Waals surface area contributed by atoms with Gasteiger partial charge in [-0.05, 0) is 33.2 Å². The molecule has 3 heteroatoms. The van der Waals surface area contributed by atoms with E-state index in [1.807, 2.05) is 39.9 Å². The lowest BCUT2D eigenvalue weighted by atomic mass is 10.2. The van der Waals surface area contributed by atoms with E-state index in [-0.39, 0.29) is 0 Å². The molecule has 0 heterocycles. The molecule has 0 aliphatic rings. The maximum absolute atomic E-state index is 8.70. The smallest absolute Gasteiger partial charge is 0.396 e. The average molecular weight is 275 g/mol. The molecule has 1 rings (SSSR count). The summed E-state index contributed by atoms with van der Waals surface area (Å²) in [7, 11) is 0. The second-order valence-corrected chi connectivity index (χ2v) is 5.86. The summed E-state index contributed by atoms with van der Waals surface area (Å²) in [5, 5.41) is 8.70. The van der Waals surface area contributed by atoms with Gasteiger partial charge in [-0.1, -0.05) is 31.5 Å². The fourth-order valence-electron chi connectivity index (χ4n) is 1.74. The van der Waals surface area contributed by atoms with Gasteiger partial charge in [-0.2, -0.15) is 0 Å². The first-order valence-corrected chi connectivity index (χ1v) is 8.04. The highest BCUT2D eigenvalue weighted by Crippen LogP contribution is 2.02. The lowest BCUT2D eigenvalue weighted by Crippen LogP contribution is -2.33. The fraction of sp³-hybridized carbons (Fsp3) is 0.625. The van der Waals surface area contributed by atoms with E-state index >= 15 is 0 Å². The van der Waals surface area contributed by atoms with E-state index < -0.39 is 0 Å². The molecule has 1 aromatic rings. The highest BCUT2D eigenvalue weighted by Gasteiger charge is 2.28. The second-order valence-electron chi connectivity index (χ2n) is 5.05. The Hall–Kier alpha value is -0.0938. The second kappa shape index (κ2) is 12.9. The number of rotatable bonds is 7. The van der Waals surface area contributed by atoms with Crippen molar-refractivity contribution < 1.29 is 5.11 Å². The van der Waals surface area contributed by atoms with Gasteiger partial charge in [0.2, 0.25) is 0 Å². The molecule has 1 N–H and O–H groups in total. The average Bonchev–Trinajstić information content (AvgIpc) is 2.40. The Morgan fingerprint density at radius 2 is 1.68 bits per heavy atom. The topological polar surface area (TPSA) is 23.5 Å². The Labute approximate surface area is 131 Å². The van der Waals surface area contributed by atoms with Crippen molar-refractivity contribution in [1.29, 1.82) is 0 Å². The SMILES string of the molecule is CCCCN(CCCO)C(C)C.[Mg+2][c]1ccccc1. The zero-order valence-corrected chi connectivity index (χ0v) is 14.2. The van der Waals surface area contributed by atoms with Crippen LogP contribution < -0.4 is 3.69 Å². The number of hydrogen-bond acceptors (Lipinski definition) is 2. The molecular weight excluding hydrogens is 246 g/mol. The fourth-order valence-corrected chi connectivity index (χ4v) is 2.01. The van der Waals surface area contributed by atoms with Crippen LogP contribution >= 0.6 is 0 Å². The number of aliphatic hydroxyl groups is 1. The van der Waals surface area contributed by atoms with Gasteiger partial charge in [-0.25, -0.2) is 0 Å². The van der Waals surface area contributed by atoms with Crippen molar-refractivity contribution in [2.45, 2.75) is 46.1 Å². The third-order valence-corrected chi connectivity index (χ3v) is 3.45. The Kier molecular flexibility index (Phi) is 12.9. The number of aliphatic hydroxyl groups excluding tert-OH is 1. The summed E-state index contributed by atoms with van der Waals surface area (Å²) < 4.78 is 1.35. The molecule has 0 fully saturated rings. The van der Waals surface area contributed by atoms with E-state index in [1.54, 1.807) is 0 Å². The third kappa shape index (κ3) is 11.4. The molecule has 0 bridgehead atoms. The van der Waals surface area contributed by atoms with E-state index in [0.29, 0.717) is 12.6 Å². The molecule has 0 aliphatic carbocycles. The predicted molar refractivity (Wildman–Crippen MR) is 85.1 cm³/mol. The van der Waals surface area contributed by atoms with Crippen LogP contribution in [0, 0.1) is 0 Å². The maximum Gasteiger partial charge on any atom is 1.47 e. The van der Waals surface area contributed by atoms with Gasteiger partial charge in [-0.15, -0.1) is 0 Å². The largest absolute Gasteiger partial charge is 1.47 e. The summed E-state index contributed by atoms with van der Waals surface area (Å²) in [6.45, 7) is 9.17. The van der Waals surface area contributed by atoms with Gasteiger partial charge in [0.1, 0.15) is 0 Å². The first-order chi connectivity index (χ1) is 9.11. The Bertz CT molecular complexity index is 282. The molecule has 0 spiro atoms. The van der Waals surface area contributed by atoms with Gasteiger partial charge >= 0.3 is 25.4 Å². The maximum atomic E-state index is 8.70. The number of unbranched alkanes of at least 4 members (excludes halogenated alkanes) is 1. The number of nitrogens with zero attached hydrogens (tertiary/aromatic N) is 1. The van der Waals surface area contributed by atoms with Crippen LogP contribution in [0.1, 0.15) is 40.0 Å². The zero-order chi connectivity index (χ0) is 14.5. The molecule has 2 nitrogen and oxygen atoms in total. The first-order valence-electron chi connectivity index (χ1n) is 7.33. The summed E-state index contributed by atoms with van der Waals surface area (Å²) in [5.74, 6) is 0. The van der Waals surface area contributed by atoms with E-state index in [0.717, 1.165) is 13.0 Å². The van der Waals surface area contributed by atoms with Crippen molar-refractivity contribution in [1.82, 2.24) is 4.90 Å². The van der Waals surface area contributed by atoms with Gasteiger partial charge in [0, 0.05) is 31.3 Å². The summed E-state index contributed by atoms with van der Waals surface area (Å²) in [4.78, 5) is 2.43. The molecule has 0 aromatic heterocycles. The molecular formula is C16H28MgNO+2. The van der Waals surface area contributed by atoms with Gasteiger partial charge in [0.05, 0.1) is 0 Å². The van der Waals surface area contributed by atoms with Crippen LogP contribution in [0.4, 0.5) is 0 Å². The minimum absolute atomic E-state index is 0.315. The third-order valence-electron chi connectivity index (χ3n) is 2.98. The van der Waals surface area contributed by atoms with Crippen LogP contribution in [0.5, 0.6) is 0 Å².